The molecule has 0 aromatic heterocycles. The summed E-state index contributed by atoms with van der Waals surface area (Å²) in [4.78, 5) is 12.4. The first-order valence-corrected chi connectivity index (χ1v) is 11.2. The van der Waals surface area contributed by atoms with Crippen molar-refractivity contribution in [2.24, 2.45) is 5.41 Å². The zero-order chi connectivity index (χ0) is 18.0. The number of carbonyl (C=O) groups is 1. The van der Waals surface area contributed by atoms with Gasteiger partial charge in [-0.2, -0.15) is 0 Å². The number of benzene rings is 1. The van der Waals surface area contributed by atoms with Crippen LogP contribution in [0.2, 0.25) is 0 Å². The molecule has 2 rings (SSSR count). The van der Waals surface area contributed by atoms with Gasteiger partial charge in [0.15, 0.2) is 9.84 Å². The van der Waals surface area contributed by atoms with Gasteiger partial charge in [-0.05, 0) is 37.8 Å². The van der Waals surface area contributed by atoms with Crippen molar-refractivity contribution in [2.45, 2.75) is 38.0 Å². The van der Waals surface area contributed by atoms with Gasteiger partial charge in [-0.1, -0.05) is 29.5 Å². The van der Waals surface area contributed by atoms with Gasteiger partial charge in [0.1, 0.15) is 16.4 Å². The molecule has 0 saturated heterocycles. The molecule has 134 valence electrons. The average Bonchev–Trinajstić information content (AvgIpc) is 2.73. The van der Waals surface area contributed by atoms with Crippen molar-refractivity contribution >= 4 is 43.9 Å². The van der Waals surface area contributed by atoms with E-state index >= 15 is 0 Å². The average molecular weight is 465 g/mol. The number of aryl methyl sites for hydroxylation is 1. The number of ether oxygens (including phenoxy) is 1. The maximum Gasteiger partial charge on any atom is 0.182 e. The SMILES string of the molecule is CCCS(=O)(=O)c1cc2c(cc1OC)NCC(CI)(C(C)=O)CC2. The maximum absolute atomic E-state index is 12.5. The van der Waals surface area contributed by atoms with E-state index in [4.69, 9.17) is 4.74 Å². The molecule has 1 aliphatic rings. The fourth-order valence-corrected chi connectivity index (χ4v) is 5.71. The molecule has 1 atom stereocenters. The van der Waals surface area contributed by atoms with Gasteiger partial charge in [0.25, 0.3) is 0 Å². The standard InChI is InChI=1S/C17H24INO4S/c1-4-7-24(21,22)16-8-13-5-6-17(10-18,12(2)20)11-19-14(13)9-15(16)23-3/h8-9,19H,4-7,10-11H2,1-3H3. The number of ketones is 1. The topological polar surface area (TPSA) is 72.5 Å². The summed E-state index contributed by atoms with van der Waals surface area (Å²) < 4.78 is 31.1. The quantitative estimate of drug-likeness (QED) is 0.516. The third-order valence-corrected chi connectivity index (χ3v) is 8.09. The second-order valence-electron chi connectivity index (χ2n) is 6.30. The predicted molar refractivity (Wildman–Crippen MR) is 104 cm³/mol. The molecule has 24 heavy (non-hydrogen) atoms. The smallest absolute Gasteiger partial charge is 0.182 e. The second-order valence-corrected chi connectivity index (χ2v) is 9.14. The molecule has 0 fully saturated rings. The Kier molecular flexibility index (Phi) is 6.17. The molecule has 0 amide bonds. The first-order valence-electron chi connectivity index (χ1n) is 8.04. The van der Waals surface area contributed by atoms with E-state index in [1.807, 2.05) is 6.92 Å². The molecule has 1 unspecified atom stereocenters. The van der Waals surface area contributed by atoms with E-state index in [1.165, 1.54) is 7.11 Å². The number of alkyl halides is 1. The van der Waals surface area contributed by atoms with E-state index in [9.17, 15) is 13.2 Å². The lowest BCUT2D eigenvalue weighted by molar-refractivity contribution is -0.124. The van der Waals surface area contributed by atoms with Crippen LogP contribution in [0, 0.1) is 5.41 Å². The minimum atomic E-state index is -3.37. The predicted octanol–water partition coefficient (Wildman–Crippen LogP) is 3.25. The zero-order valence-electron chi connectivity index (χ0n) is 14.3. The molecule has 1 heterocycles. The Morgan fingerprint density at radius 3 is 2.67 bits per heavy atom. The molecule has 7 heteroatoms. The molecule has 1 aliphatic heterocycles. The Labute approximate surface area is 157 Å². The molecule has 1 aromatic carbocycles. The maximum atomic E-state index is 12.5. The summed E-state index contributed by atoms with van der Waals surface area (Å²) in [5.41, 5.74) is 1.38. The summed E-state index contributed by atoms with van der Waals surface area (Å²) in [6.07, 6.45) is 1.94. The molecule has 1 N–H and O–H groups in total. The van der Waals surface area contributed by atoms with Crippen LogP contribution in [0.4, 0.5) is 5.69 Å². The van der Waals surface area contributed by atoms with Crippen LogP contribution in [0.1, 0.15) is 32.3 Å². The number of Topliss-reactive ketones (excluding diaryl/α,β-unsaturated/α-hetero) is 1. The second kappa shape index (κ2) is 7.59. The third-order valence-electron chi connectivity index (χ3n) is 4.69. The summed E-state index contributed by atoms with van der Waals surface area (Å²) in [5.74, 6) is 0.628. The molecule has 0 spiro atoms. The van der Waals surface area contributed by atoms with Gasteiger partial charge in [0, 0.05) is 22.7 Å². The van der Waals surface area contributed by atoms with Crippen molar-refractivity contribution in [1.29, 1.82) is 0 Å². The number of methoxy groups -OCH3 is 1. The van der Waals surface area contributed by atoms with Gasteiger partial charge in [-0.3, -0.25) is 4.79 Å². The highest BCUT2D eigenvalue weighted by atomic mass is 127. The number of sulfone groups is 1. The number of carbonyl (C=O) groups excluding carboxylic acids is 1. The normalized spacial score (nSPS) is 20.7. The minimum Gasteiger partial charge on any atom is -0.495 e. The first kappa shape index (κ1) is 19.5. The number of hydrogen-bond acceptors (Lipinski definition) is 5. The van der Waals surface area contributed by atoms with Crippen LogP contribution in [-0.4, -0.2) is 38.0 Å². The fourth-order valence-electron chi connectivity index (χ4n) is 2.99. The van der Waals surface area contributed by atoms with Crippen LogP contribution >= 0.6 is 22.6 Å². The van der Waals surface area contributed by atoms with E-state index in [-0.39, 0.29) is 16.4 Å². The molecule has 5 nitrogen and oxygen atoms in total. The number of halogens is 1. The van der Waals surface area contributed by atoms with Crippen molar-refractivity contribution in [3.8, 4) is 5.75 Å². The highest BCUT2D eigenvalue weighted by molar-refractivity contribution is 14.1. The van der Waals surface area contributed by atoms with E-state index in [0.29, 0.717) is 31.6 Å². The molecule has 0 saturated carbocycles. The van der Waals surface area contributed by atoms with Crippen molar-refractivity contribution in [1.82, 2.24) is 0 Å². The third kappa shape index (κ3) is 3.71. The van der Waals surface area contributed by atoms with Crippen LogP contribution in [-0.2, 0) is 21.1 Å². The lowest BCUT2D eigenvalue weighted by atomic mass is 9.81. The van der Waals surface area contributed by atoms with Crippen molar-refractivity contribution in [3.05, 3.63) is 17.7 Å². The van der Waals surface area contributed by atoms with Crippen molar-refractivity contribution < 1.29 is 17.9 Å². The Morgan fingerprint density at radius 1 is 1.42 bits per heavy atom. The molecular formula is C17H24INO4S. The number of rotatable bonds is 6. The van der Waals surface area contributed by atoms with Crippen molar-refractivity contribution in [3.63, 3.8) is 0 Å². The summed E-state index contributed by atoms with van der Waals surface area (Å²) in [6, 6.07) is 3.47. The fraction of sp³-hybridized carbons (Fsp3) is 0.588. The van der Waals surface area contributed by atoms with E-state index in [2.05, 4.69) is 27.9 Å². The lowest BCUT2D eigenvalue weighted by Crippen LogP contribution is -2.37. The van der Waals surface area contributed by atoms with Gasteiger partial charge in [0.05, 0.1) is 18.3 Å². The molecule has 1 aromatic rings. The van der Waals surface area contributed by atoms with E-state index in [1.54, 1.807) is 19.1 Å². The van der Waals surface area contributed by atoms with Gasteiger partial charge < -0.3 is 10.1 Å². The van der Waals surface area contributed by atoms with Crippen LogP contribution in [0.3, 0.4) is 0 Å². The van der Waals surface area contributed by atoms with E-state index < -0.39 is 15.3 Å². The highest BCUT2D eigenvalue weighted by Crippen LogP contribution is 2.38. The Bertz CT molecular complexity index is 732. The Balaban J connectivity index is 2.47. The van der Waals surface area contributed by atoms with Gasteiger partial charge in [-0.15, -0.1) is 0 Å². The Hall–Kier alpha value is -0.830. The van der Waals surface area contributed by atoms with Gasteiger partial charge in [-0.25, -0.2) is 8.42 Å². The van der Waals surface area contributed by atoms with Crippen LogP contribution in [0.25, 0.3) is 0 Å². The number of hydrogen-bond donors (Lipinski definition) is 1. The number of fused-ring (bicyclic) bond motifs is 1. The number of anilines is 1. The monoisotopic (exact) mass is 465 g/mol. The van der Waals surface area contributed by atoms with Gasteiger partial charge in [0.2, 0.25) is 0 Å². The highest BCUT2D eigenvalue weighted by Gasteiger charge is 2.36. The summed E-state index contributed by atoms with van der Waals surface area (Å²) >= 11 is 2.25. The van der Waals surface area contributed by atoms with Crippen LogP contribution < -0.4 is 10.1 Å². The van der Waals surface area contributed by atoms with Crippen LogP contribution in [0.5, 0.6) is 5.75 Å². The summed E-state index contributed by atoms with van der Waals surface area (Å²) in [6.45, 7) is 4.03. The van der Waals surface area contributed by atoms with E-state index in [0.717, 1.165) is 15.7 Å². The van der Waals surface area contributed by atoms with Crippen molar-refractivity contribution in [2.75, 3.05) is 29.2 Å². The molecule has 0 radical (unpaired) electrons. The summed E-state index contributed by atoms with van der Waals surface area (Å²) in [7, 11) is -1.89. The first-order chi connectivity index (χ1) is 11.3. The molecule has 0 bridgehead atoms. The zero-order valence-corrected chi connectivity index (χ0v) is 17.3. The number of nitrogens with one attached hydrogen (secondary N) is 1. The van der Waals surface area contributed by atoms with Crippen LogP contribution in [0.15, 0.2) is 17.0 Å². The Morgan fingerprint density at radius 2 is 2.12 bits per heavy atom. The largest absolute Gasteiger partial charge is 0.495 e. The lowest BCUT2D eigenvalue weighted by Gasteiger charge is -2.27. The molecular weight excluding hydrogens is 441 g/mol. The summed E-state index contributed by atoms with van der Waals surface area (Å²) in [5, 5.41) is 3.33. The minimum absolute atomic E-state index is 0.0979. The molecule has 0 aliphatic carbocycles. The van der Waals surface area contributed by atoms with Gasteiger partial charge >= 0.3 is 0 Å².